The van der Waals surface area contributed by atoms with Gasteiger partial charge in [-0.25, -0.2) is 4.79 Å². The molecular formula is C25H15Cl3N2O3. The second kappa shape index (κ2) is 9.60. The third-order valence-electron chi connectivity index (χ3n) is 4.97. The summed E-state index contributed by atoms with van der Waals surface area (Å²) in [6, 6.07) is 19.1. The van der Waals surface area contributed by atoms with Crippen LogP contribution in [0.1, 0.15) is 22.6 Å². The molecule has 1 aliphatic heterocycles. The number of allylic oxidation sites excluding steroid dienone is 1. The fraction of sp³-hybridized carbons (Fsp3) is 0.0400. The van der Waals surface area contributed by atoms with Crippen LogP contribution in [0.2, 0.25) is 15.1 Å². The van der Waals surface area contributed by atoms with E-state index in [9.17, 15) is 10.1 Å². The molecule has 0 aliphatic carbocycles. The zero-order valence-corrected chi connectivity index (χ0v) is 19.2. The molecule has 0 amide bonds. The Morgan fingerprint density at radius 2 is 1.79 bits per heavy atom. The quantitative estimate of drug-likeness (QED) is 0.253. The summed E-state index contributed by atoms with van der Waals surface area (Å²) in [6.45, 7) is 0. The third kappa shape index (κ3) is 4.99. The Balaban J connectivity index is 1.61. The van der Waals surface area contributed by atoms with E-state index in [0.29, 0.717) is 26.4 Å². The lowest BCUT2D eigenvalue weighted by molar-refractivity contribution is -0.128. The van der Waals surface area contributed by atoms with E-state index in [4.69, 9.17) is 50.0 Å². The van der Waals surface area contributed by atoms with Crippen LogP contribution in [0.25, 0.3) is 6.08 Å². The van der Waals surface area contributed by atoms with Gasteiger partial charge in [-0.3, -0.25) is 0 Å². The number of fused-ring (bicyclic) bond motifs is 1. The Morgan fingerprint density at radius 1 is 1.03 bits per heavy atom. The Hall–Kier alpha value is -3.43. The monoisotopic (exact) mass is 496 g/mol. The van der Waals surface area contributed by atoms with Crippen LogP contribution >= 0.6 is 34.8 Å². The van der Waals surface area contributed by atoms with Gasteiger partial charge in [0.2, 0.25) is 5.88 Å². The zero-order valence-electron chi connectivity index (χ0n) is 16.9. The number of hydrogen-bond acceptors (Lipinski definition) is 5. The van der Waals surface area contributed by atoms with Gasteiger partial charge in [0.15, 0.2) is 0 Å². The Morgan fingerprint density at radius 3 is 2.48 bits per heavy atom. The largest absolute Gasteiger partial charge is 0.440 e. The van der Waals surface area contributed by atoms with Gasteiger partial charge in [0.05, 0.1) is 16.0 Å². The number of nitrogens with two attached hydrogens (primary N) is 1. The average molecular weight is 498 g/mol. The summed E-state index contributed by atoms with van der Waals surface area (Å²) in [5, 5.41) is 11.0. The highest BCUT2D eigenvalue weighted by atomic mass is 35.5. The Bertz CT molecular complexity index is 1340. The van der Waals surface area contributed by atoms with Crippen molar-refractivity contribution in [3.8, 4) is 17.6 Å². The summed E-state index contributed by atoms with van der Waals surface area (Å²) in [6.07, 6.45) is 2.93. The Labute approximate surface area is 205 Å². The van der Waals surface area contributed by atoms with Crippen molar-refractivity contribution >= 4 is 46.8 Å². The van der Waals surface area contributed by atoms with Crippen molar-refractivity contribution in [3.05, 3.63) is 110 Å². The van der Waals surface area contributed by atoms with Crippen molar-refractivity contribution in [2.24, 2.45) is 5.73 Å². The topological polar surface area (TPSA) is 85.3 Å². The molecule has 3 aromatic rings. The minimum Gasteiger partial charge on any atom is -0.440 e. The molecule has 5 nitrogen and oxygen atoms in total. The molecular weight excluding hydrogens is 483 g/mol. The van der Waals surface area contributed by atoms with Gasteiger partial charge in [0, 0.05) is 22.7 Å². The fourth-order valence-corrected chi connectivity index (χ4v) is 3.85. The second-order valence-electron chi connectivity index (χ2n) is 7.10. The molecule has 8 heteroatoms. The van der Waals surface area contributed by atoms with Crippen LogP contribution in [0.4, 0.5) is 0 Å². The molecule has 1 heterocycles. The summed E-state index contributed by atoms with van der Waals surface area (Å²) in [5.74, 6) is -0.478. The normalized spacial score (nSPS) is 15.0. The smallest absolute Gasteiger partial charge is 0.336 e. The summed E-state index contributed by atoms with van der Waals surface area (Å²) < 4.78 is 11.1. The van der Waals surface area contributed by atoms with Crippen molar-refractivity contribution < 1.29 is 14.3 Å². The number of nitrogens with zero attached hydrogens (tertiary/aromatic N) is 1. The Kier molecular flexibility index (Phi) is 6.62. The number of ether oxygens (including phenoxy) is 2. The summed E-state index contributed by atoms with van der Waals surface area (Å²) in [5.41, 5.74) is 8.47. The molecule has 0 aromatic heterocycles. The number of carbonyl (C=O) groups excluding carboxylic acids is 1. The summed E-state index contributed by atoms with van der Waals surface area (Å²) in [4.78, 5) is 12.3. The number of benzene rings is 3. The summed E-state index contributed by atoms with van der Waals surface area (Å²) in [7, 11) is 0. The first kappa shape index (κ1) is 22.8. The highest BCUT2D eigenvalue weighted by molar-refractivity contribution is 6.42. The second-order valence-corrected chi connectivity index (χ2v) is 8.35. The molecule has 4 rings (SSSR count). The molecule has 0 radical (unpaired) electrons. The molecule has 1 unspecified atom stereocenters. The van der Waals surface area contributed by atoms with E-state index in [1.165, 1.54) is 6.08 Å². The van der Waals surface area contributed by atoms with Crippen LogP contribution < -0.4 is 15.2 Å². The standard InChI is InChI=1S/C25H15Cl3N2O3/c26-16-5-1-14(2-6-16)3-10-23(31)32-17-7-8-18-22(12-17)33-25(30)19(13-29)24(18)15-4-9-20(27)21(28)11-15/h1-12,24H,30H2/b10-3+. The van der Waals surface area contributed by atoms with Crippen LogP contribution in [0.5, 0.6) is 11.5 Å². The number of nitriles is 1. The average Bonchev–Trinajstić information content (AvgIpc) is 2.79. The molecule has 0 spiro atoms. The van der Waals surface area contributed by atoms with Crippen molar-refractivity contribution in [3.63, 3.8) is 0 Å². The van der Waals surface area contributed by atoms with E-state index in [-0.39, 0.29) is 17.2 Å². The molecule has 0 fully saturated rings. The molecule has 1 atom stereocenters. The lowest BCUT2D eigenvalue weighted by Gasteiger charge is -2.27. The number of esters is 1. The van der Waals surface area contributed by atoms with Crippen molar-refractivity contribution in [1.29, 1.82) is 5.26 Å². The summed E-state index contributed by atoms with van der Waals surface area (Å²) >= 11 is 18.1. The van der Waals surface area contributed by atoms with Crippen molar-refractivity contribution in [2.45, 2.75) is 5.92 Å². The molecule has 164 valence electrons. The number of hydrogen-bond donors (Lipinski definition) is 1. The lowest BCUT2D eigenvalue weighted by Crippen LogP contribution is -2.21. The van der Waals surface area contributed by atoms with Gasteiger partial charge in [-0.05, 0) is 47.5 Å². The lowest BCUT2D eigenvalue weighted by atomic mass is 9.83. The minimum absolute atomic E-state index is 0.0350. The van der Waals surface area contributed by atoms with Gasteiger partial charge in [0.25, 0.3) is 0 Å². The molecule has 1 aliphatic rings. The highest BCUT2D eigenvalue weighted by Gasteiger charge is 2.31. The van der Waals surface area contributed by atoms with Crippen LogP contribution in [-0.4, -0.2) is 5.97 Å². The maximum Gasteiger partial charge on any atom is 0.336 e. The molecule has 0 saturated carbocycles. The molecule has 3 aromatic carbocycles. The number of halogens is 3. The van der Waals surface area contributed by atoms with Gasteiger partial charge in [-0.1, -0.05) is 59.1 Å². The van der Waals surface area contributed by atoms with Gasteiger partial charge >= 0.3 is 5.97 Å². The van der Waals surface area contributed by atoms with E-state index >= 15 is 0 Å². The van der Waals surface area contributed by atoms with Crippen LogP contribution in [0.15, 0.2) is 78.2 Å². The zero-order chi connectivity index (χ0) is 23.5. The number of rotatable bonds is 4. The first-order chi connectivity index (χ1) is 15.9. The first-order valence-corrected chi connectivity index (χ1v) is 10.8. The predicted octanol–water partition coefficient (Wildman–Crippen LogP) is 6.48. The molecule has 0 bridgehead atoms. The first-order valence-electron chi connectivity index (χ1n) is 9.67. The SMILES string of the molecule is N#CC1=C(N)Oc2cc(OC(=O)/C=C/c3ccc(Cl)cc3)ccc2C1c1ccc(Cl)c(Cl)c1. The van der Waals surface area contributed by atoms with Gasteiger partial charge in [-0.15, -0.1) is 0 Å². The van der Waals surface area contributed by atoms with Crippen LogP contribution in [0.3, 0.4) is 0 Å². The van der Waals surface area contributed by atoms with Crippen LogP contribution in [0, 0.1) is 11.3 Å². The highest BCUT2D eigenvalue weighted by Crippen LogP contribution is 2.44. The van der Waals surface area contributed by atoms with Gasteiger partial charge < -0.3 is 15.2 Å². The molecule has 33 heavy (non-hydrogen) atoms. The maximum atomic E-state index is 12.3. The van der Waals surface area contributed by atoms with E-state index in [0.717, 1.165) is 11.1 Å². The molecule has 0 saturated heterocycles. The van der Waals surface area contributed by atoms with E-state index in [1.807, 2.05) is 0 Å². The fourth-order valence-electron chi connectivity index (χ4n) is 3.42. The number of carbonyl (C=O) groups is 1. The van der Waals surface area contributed by atoms with Gasteiger partial charge in [-0.2, -0.15) is 5.26 Å². The third-order valence-corrected chi connectivity index (χ3v) is 5.96. The van der Waals surface area contributed by atoms with Crippen LogP contribution in [-0.2, 0) is 4.79 Å². The predicted molar refractivity (Wildman–Crippen MR) is 128 cm³/mol. The van der Waals surface area contributed by atoms with E-state index < -0.39 is 11.9 Å². The maximum absolute atomic E-state index is 12.3. The van der Waals surface area contributed by atoms with E-state index in [1.54, 1.807) is 66.7 Å². The van der Waals surface area contributed by atoms with E-state index in [2.05, 4.69) is 6.07 Å². The van der Waals surface area contributed by atoms with Crippen molar-refractivity contribution in [1.82, 2.24) is 0 Å². The minimum atomic E-state index is -0.567. The van der Waals surface area contributed by atoms with Gasteiger partial charge in [0.1, 0.15) is 23.1 Å². The van der Waals surface area contributed by atoms with Crippen molar-refractivity contribution in [2.75, 3.05) is 0 Å². The molecule has 2 N–H and O–H groups in total.